The van der Waals surface area contributed by atoms with Gasteiger partial charge in [-0.05, 0) is 24.6 Å². The Morgan fingerprint density at radius 3 is 1.97 bits per heavy atom. The van der Waals surface area contributed by atoms with Crippen LogP contribution < -0.4 is 9.30 Å². The molecule has 3 heteroatoms. The van der Waals surface area contributed by atoms with E-state index in [0.29, 0.717) is 12.2 Å². The van der Waals surface area contributed by atoms with Gasteiger partial charge in [-0.3, -0.25) is 4.79 Å². The molecule has 1 heterocycles. The second kappa shape index (κ2) is 14.1. The number of aromatic nitrogens is 1. The van der Waals surface area contributed by atoms with Gasteiger partial charge in [-0.15, -0.1) is 0 Å². The number of pyridine rings is 1. The van der Waals surface area contributed by atoms with Gasteiger partial charge in [0.05, 0.1) is 5.39 Å². The number of carbonyl (C=O) groups is 1. The van der Waals surface area contributed by atoms with E-state index in [1.807, 2.05) is 48.1 Å². The van der Waals surface area contributed by atoms with Crippen molar-refractivity contribution in [2.45, 2.75) is 96.8 Å². The van der Waals surface area contributed by atoms with Gasteiger partial charge in [-0.2, -0.15) is 4.57 Å². The molecule has 0 unspecified atom stereocenters. The second-order valence-corrected chi connectivity index (χ2v) is 8.28. The Hall–Kier alpha value is -1.90. The number of hydrogen-bond donors (Lipinski definition) is 0. The number of rotatable bonds is 15. The molecule has 3 nitrogen and oxygen atoms in total. The molecule has 160 valence electrons. The van der Waals surface area contributed by atoms with E-state index in [9.17, 15) is 4.79 Å². The summed E-state index contributed by atoms with van der Waals surface area (Å²) in [4.78, 5) is 12.2. The first-order valence-corrected chi connectivity index (χ1v) is 11.8. The zero-order valence-electron chi connectivity index (χ0n) is 18.6. The van der Waals surface area contributed by atoms with Gasteiger partial charge < -0.3 is 4.74 Å². The van der Waals surface area contributed by atoms with Crippen LogP contribution in [0.25, 0.3) is 10.9 Å². The molecule has 1 aromatic carbocycles. The molecule has 29 heavy (non-hydrogen) atoms. The lowest BCUT2D eigenvalue weighted by Crippen LogP contribution is -2.28. The van der Waals surface area contributed by atoms with Crippen molar-refractivity contribution in [2.75, 3.05) is 0 Å². The summed E-state index contributed by atoms with van der Waals surface area (Å²) in [6.45, 7) is 2.27. The van der Waals surface area contributed by atoms with E-state index in [2.05, 4.69) is 6.92 Å². The molecule has 0 radical (unpaired) electrons. The molecule has 0 amide bonds. The van der Waals surface area contributed by atoms with Crippen molar-refractivity contribution >= 4 is 16.9 Å². The molecule has 2 aromatic rings. The van der Waals surface area contributed by atoms with Crippen LogP contribution in [-0.4, -0.2) is 5.97 Å². The number of esters is 1. The number of carbonyl (C=O) groups excluding carboxylic acids is 1. The molecular weight excluding hydrogens is 358 g/mol. The van der Waals surface area contributed by atoms with E-state index < -0.39 is 0 Å². The molecule has 0 aliphatic heterocycles. The van der Waals surface area contributed by atoms with Crippen molar-refractivity contribution in [2.24, 2.45) is 7.05 Å². The van der Waals surface area contributed by atoms with E-state index in [1.165, 1.54) is 70.6 Å². The highest BCUT2D eigenvalue weighted by Gasteiger charge is 2.14. The number of benzene rings is 1. The van der Waals surface area contributed by atoms with Gasteiger partial charge in [-0.1, -0.05) is 90.0 Å². The largest absolute Gasteiger partial charge is 0.419 e. The molecule has 0 bridgehead atoms. The Kier molecular flexibility index (Phi) is 11.4. The number of hydrogen-bond acceptors (Lipinski definition) is 2. The van der Waals surface area contributed by atoms with Crippen LogP contribution in [0.4, 0.5) is 0 Å². The molecule has 0 aliphatic carbocycles. The average Bonchev–Trinajstić information content (AvgIpc) is 2.71. The molecule has 0 fully saturated rings. The van der Waals surface area contributed by atoms with Crippen molar-refractivity contribution < 1.29 is 14.1 Å². The van der Waals surface area contributed by atoms with E-state index in [1.54, 1.807) is 0 Å². The first-order chi connectivity index (χ1) is 14.2. The molecule has 2 rings (SSSR count). The lowest BCUT2D eigenvalue weighted by atomic mass is 10.0. The van der Waals surface area contributed by atoms with E-state index in [0.717, 1.165) is 23.7 Å². The van der Waals surface area contributed by atoms with Crippen LogP contribution in [0.5, 0.6) is 5.75 Å². The molecule has 0 N–H and O–H groups in total. The molecule has 0 saturated heterocycles. The van der Waals surface area contributed by atoms with Crippen LogP contribution in [0.15, 0.2) is 36.5 Å². The molecule has 0 atom stereocenters. The van der Waals surface area contributed by atoms with Crippen molar-refractivity contribution in [1.82, 2.24) is 0 Å². The van der Waals surface area contributed by atoms with Crippen LogP contribution in [0.2, 0.25) is 0 Å². The number of unbranched alkanes of at least 4 members (excludes halogenated alkanes) is 12. The van der Waals surface area contributed by atoms with Gasteiger partial charge in [0.1, 0.15) is 7.05 Å². The topological polar surface area (TPSA) is 30.2 Å². The second-order valence-electron chi connectivity index (χ2n) is 8.28. The number of aryl methyl sites for hydroxylation is 1. The Balaban J connectivity index is 1.52. The van der Waals surface area contributed by atoms with Gasteiger partial charge >= 0.3 is 5.97 Å². The van der Waals surface area contributed by atoms with E-state index in [4.69, 9.17) is 4.74 Å². The quantitative estimate of drug-likeness (QED) is 0.139. The van der Waals surface area contributed by atoms with Crippen molar-refractivity contribution in [1.29, 1.82) is 0 Å². The van der Waals surface area contributed by atoms with Crippen LogP contribution in [0, 0.1) is 0 Å². The Morgan fingerprint density at radius 1 is 0.793 bits per heavy atom. The van der Waals surface area contributed by atoms with E-state index >= 15 is 0 Å². The number of fused-ring (bicyclic) bond motifs is 1. The summed E-state index contributed by atoms with van der Waals surface area (Å²) in [6, 6.07) is 9.90. The van der Waals surface area contributed by atoms with Gasteiger partial charge in [0.15, 0.2) is 6.20 Å². The summed E-state index contributed by atoms with van der Waals surface area (Å²) in [5.41, 5.74) is 0.966. The smallest absolute Gasteiger partial charge is 0.311 e. The lowest BCUT2D eigenvalue weighted by molar-refractivity contribution is -0.645. The minimum absolute atomic E-state index is 0.121. The minimum Gasteiger partial charge on any atom is -0.419 e. The first-order valence-electron chi connectivity index (χ1n) is 11.8. The maximum absolute atomic E-state index is 12.2. The van der Waals surface area contributed by atoms with Crippen LogP contribution in [0.1, 0.15) is 96.8 Å². The standard InChI is InChI=1S/C26H40NO2/c1-3-4-5-6-7-8-9-10-11-12-13-14-15-21-25(28)29-24-20-16-18-23-19-17-22-27(2)26(23)24/h16-20,22H,3-15,21H2,1-2H3/q+1. The Labute approximate surface area is 177 Å². The summed E-state index contributed by atoms with van der Waals surface area (Å²) < 4.78 is 7.66. The summed E-state index contributed by atoms with van der Waals surface area (Å²) in [6.07, 6.45) is 19.5. The van der Waals surface area contributed by atoms with Crippen molar-refractivity contribution in [3.63, 3.8) is 0 Å². The molecule has 0 saturated carbocycles. The minimum atomic E-state index is -0.121. The molecule has 1 aromatic heterocycles. The fourth-order valence-corrected chi connectivity index (χ4v) is 3.94. The third kappa shape index (κ3) is 8.97. The number of nitrogens with zero attached hydrogens (tertiary/aromatic N) is 1. The third-order valence-corrected chi connectivity index (χ3v) is 5.68. The van der Waals surface area contributed by atoms with E-state index in [-0.39, 0.29) is 5.97 Å². The highest BCUT2D eigenvalue weighted by Crippen LogP contribution is 2.22. The van der Waals surface area contributed by atoms with Crippen LogP contribution >= 0.6 is 0 Å². The average molecular weight is 399 g/mol. The predicted molar refractivity (Wildman–Crippen MR) is 121 cm³/mol. The predicted octanol–water partition coefficient (Wildman–Crippen LogP) is 7.05. The van der Waals surface area contributed by atoms with Crippen LogP contribution in [-0.2, 0) is 11.8 Å². The van der Waals surface area contributed by atoms with Crippen molar-refractivity contribution in [3.8, 4) is 5.75 Å². The van der Waals surface area contributed by atoms with Crippen molar-refractivity contribution in [3.05, 3.63) is 36.5 Å². The van der Waals surface area contributed by atoms with Gasteiger partial charge in [0.25, 0.3) is 5.52 Å². The monoisotopic (exact) mass is 398 g/mol. The first kappa shape index (κ1) is 23.4. The number of para-hydroxylation sites is 1. The maximum atomic E-state index is 12.2. The zero-order chi connectivity index (χ0) is 20.7. The number of ether oxygens (including phenoxy) is 1. The molecular formula is C26H40NO2+. The SMILES string of the molecule is CCCCCCCCCCCCCCCC(=O)Oc1cccc2ccc[n+](C)c12. The lowest BCUT2D eigenvalue weighted by Gasteiger charge is -2.06. The van der Waals surface area contributed by atoms with Gasteiger partial charge in [0, 0.05) is 12.5 Å². The Morgan fingerprint density at radius 2 is 1.34 bits per heavy atom. The molecule has 0 spiro atoms. The highest BCUT2D eigenvalue weighted by atomic mass is 16.5. The van der Waals surface area contributed by atoms with Crippen LogP contribution in [0.3, 0.4) is 0 Å². The molecule has 0 aliphatic rings. The van der Waals surface area contributed by atoms with Gasteiger partial charge in [-0.25, -0.2) is 0 Å². The highest BCUT2D eigenvalue weighted by molar-refractivity contribution is 5.84. The zero-order valence-corrected chi connectivity index (χ0v) is 18.6. The Bertz CT molecular complexity index is 720. The summed E-state index contributed by atoms with van der Waals surface area (Å²) >= 11 is 0. The summed E-state index contributed by atoms with van der Waals surface area (Å²) in [7, 11) is 1.98. The summed E-state index contributed by atoms with van der Waals surface area (Å²) in [5.74, 6) is 0.537. The van der Waals surface area contributed by atoms with Gasteiger partial charge in [0.2, 0.25) is 5.75 Å². The fraction of sp³-hybridized carbons (Fsp3) is 0.615. The maximum Gasteiger partial charge on any atom is 0.311 e. The normalized spacial score (nSPS) is 11.1. The summed E-state index contributed by atoms with van der Waals surface area (Å²) in [5, 5.41) is 1.08. The fourth-order valence-electron chi connectivity index (χ4n) is 3.94. The third-order valence-electron chi connectivity index (χ3n) is 5.68.